The van der Waals surface area contributed by atoms with Crippen molar-refractivity contribution < 1.29 is 4.79 Å². The van der Waals surface area contributed by atoms with Crippen molar-refractivity contribution in [2.75, 3.05) is 25.9 Å². The molecule has 1 heterocycles. The first-order valence-corrected chi connectivity index (χ1v) is 21.6. The number of nitrogens with zero attached hydrogens (tertiary/aromatic N) is 2. The third kappa shape index (κ3) is 19.7. The fraction of sp³-hybridized carbons (Fsp3) is 0.711. The van der Waals surface area contributed by atoms with E-state index in [-0.39, 0.29) is 17.9 Å². The average Bonchev–Trinajstić information content (AvgIpc) is 3.54. The van der Waals surface area contributed by atoms with Crippen molar-refractivity contribution in [3.8, 4) is 0 Å². The lowest BCUT2D eigenvalue weighted by Gasteiger charge is -2.24. The zero-order chi connectivity index (χ0) is 39.6. The number of nitrogens with two attached hydrogens (primary N) is 1. The summed E-state index contributed by atoms with van der Waals surface area (Å²) in [5.74, 6) is 1.88. The van der Waals surface area contributed by atoms with E-state index in [1.165, 1.54) is 62.5 Å². The van der Waals surface area contributed by atoms with Gasteiger partial charge in [0.25, 0.3) is 0 Å². The topological polar surface area (TPSA) is 128 Å². The maximum Gasteiger partial charge on any atom is 0.219 e. The van der Waals surface area contributed by atoms with Gasteiger partial charge in [-0.25, -0.2) is 0 Å². The van der Waals surface area contributed by atoms with Gasteiger partial charge in [-0.15, -0.1) is 0 Å². The van der Waals surface area contributed by atoms with Crippen LogP contribution in [0.1, 0.15) is 167 Å². The maximum atomic E-state index is 12.4. The quantitative estimate of drug-likeness (QED) is 0.0195. The van der Waals surface area contributed by atoms with Crippen molar-refractivity contribution in [2.24, 2.45) is 16.0 Å². The molecule has 0 radical (unpaired) electrons. The standard InChI is InChI=1S/C45H80N8O/c1-9-11-12-13-14-15-16-17-25-40(53-47-8)33-50-36(5)23-20-24-39-27-28-42(46)41(32-39)35(4)31-37(6)48-29-21-30-49-44(54)26-19-18-22-34(3)45-43(10-2)51-38(7)52-45/h27-28,32-36,43,45,47-48,51-52H,6-7,9-26,29-31,46H2,1-5,8H3,(H,49,54). The van der Waals surface area contributed by atoms with Crippen molar-refractivity contribution in [3.63, 3.8) is 0 Å². The molecule has 0 aliphatic carbocycles. The van der Waals surface area contributed by atoms with Crippen molar-refractivity contribution in [1.29, 1.82) is 0 Å². The lowest BCUT2D eigenvalue weighted by atomic mass is 9.90. The van der Waals surface area contributed by atoms with E-state index in [0.717, 1.165) is 93.7 Å². The number of aliphatic imine (C=N–C) groups is 1. The van der Waals surface area contributed by atoms with Crippen LogP contribution < -0.4 is 32.4 Å². The molecule has 5 atom stereocenters. The van der Waals surface area contributed by atoms with E-state index in [4.69, 9.17) is 10.7 Å². The maximum absolute atomic E-state index is 12.4. The van der Waals surface area contributed by atoms with Gasteiger partial charge in [0.1, 0.15) is 0 Å². The first kappa shape index (κ1) is 46.7. The molecule has 0 saturated carbocycles. The summed E-state index contributed by atoms with van der Waals surface area (Å²) < 4.78 is 0. The minimum Gasteiger partial charge on any atom is -0.398 e. The molecule has 0 spiro atoms. The molecule has 2 rings (SSSR count). The van der Waals surface area contributed by atoms with E-state index in [1.54, 1.807) is 0 Å². The Hall–Kier alpha value is -3.49. The highest BCUT2D eigenvalue weighted by atomic mass is 16.1. The molecule has 0 bridgehead atoms. The molecule has 1 aromatic carbocycles. The van der Waals surface area contributed by atoms with Crippen LogP contribution >= 0.6 is 0 Å². The number of rotatable bonds is 31. The molecular formula is C45H80N8O. The Labute approximate surface area is 330 Å². The van der Waals surface area contributed by atoms with E-state index in [1.807, 2.05) is 13.3 Å². The van der Waals surface area contributed by atoms with Gasteiger partial charge in [0.2, 0.25) is 5.91 Å². The lowest BCUT2D eigenvalue weighted by Crippen LogP contribution is -2.38. The normalized spacial score (nSPS) is 17.5. The smallest absolute Gasteiger partial charge is 0.219 e. The zero-order valence-corrected chi connectivity index (χ0v) is 35.3. The Morgan fingerprint density at radius 3 is 2.33 bits per heavy atom. The van der Waals surface area contributed by atoms with Crippen LogP contribution in [0, 0.1) is 5.92 Å². The van der Waals surface area contributed by atoms with E-state index >= 15 is 0 Å². The Morgan fingerprint density at radius 1 is 0.907 bits per heavy atom. The zero-order valence-electron chi connectivity index (χ0n) is 35.3. The highest BCUT2D eigenvalue weighted by molar-refractivity contribution is 6.30. The van der Waals surface area contributed by atoms with Gasteiger partial charge in [-0.05, 0) is 100 Å². The number of carbonyl (C=O) groups excluding carboxylic acids is 1. The first-order chi connectivity index (χ1) is 26.1. The molecule has 0 aromatic heterocycles. The second-order valence-electron chi connectivity index (χ2n) is 15.9. The van der Waals surface area contributed by atoms with Crippen LogP contribution in [0.25, 0.3) is 0 Å². The van der Waals surface area contributed by atoms with Gasteiger partial charge < -0.3 is 32.4 Å². The summed E-state index contributed by atoms with van der Waals surface area (Å²) in [7, 11) is 1.86. The Balaban J connectivity index is 1.62. The van der Waals surface area contributed by atoms with Crippen LogP contribution in [0.3, 0.4) is 0 Å². The summed E-state index contributed by atoms with van der Waals surface area (Å²) in [5.41, 5.74) is 14.8. The first-order valence-electron chi connectivity index (χ1n) is 21.6. The summed E-state index contributed by atoms with van der Waals surface area (Å²) in [6, 6.07) is 7.62. The van der Waals surface area contributed by atoms with E-state index in [0.29, 0.717) is 31.0 Å². The van der Waals surface area contributed by atoms with Gasteiger partial charge >= 0.3 is 0 Å². The fourth-order valence-electron chi connectivity index (χ4n) is 7.53. The molecule has 9 nitrogen and oxygen atoms in total. The second-order valence-corrected chi connectivity index (χ2v) is 15.9. The van der Waals surface area contributed by atoms with Gasteiger partial charge in [-0.3, -0.25) is 9.79 Å². The van der Waals surface area contributed by atoms with E-state index in [9.17, 15) is 4.79 Å². The van der Waals surface area contributed by atoms with Crippen molar-refractivity contribution in [3.05, 3.63) is 54.0 Å². The second kappa shape index (κ2) is 28.0. The van der Waals surface area contributed by atoms with Gasteiger partial charge in [0, 0.05) is 56.2 Å². The minimum absolute atomic E-state index is 0.144. The number of benzene rings is 1. The highest BCUT2D eigenvalue weighted by Gasteiger charge is 2.31. The van der Waals surface area contributed by atoms with Crippen LogP contribution in [0.15, 0.2) is 53.0 Å². The number of amides is 1. The molecule has 9 heteroatoms. The Morgan fingerprint density at radius 2 is 1.61 bits per heavy atom. The number of hydrogen-bond donors (Lipinski definition) is 6. The highest BCUT2D eigenvalue weighted by Crippen LogP contribution is 2.28. The molecule has 1 aliphatic rings. The molecule has 1 fully saturated rings. The largest absolute Gasteiger partial charge is 0.398 e. The molecule has 54 heavy (non-hydrogen) atoms. The minimum atomic E-state index is 0.144. The molecule has 7 N–H and O–H groups in total. The molecule has 1 amide bonds. The molecule has 1 saturated heterocycles. The van der Waals surface area contributed by atoms with Crippen molar-refractivity contribution in [2.45, 2.75) is 181 Å². The predicted octanol–water partition coefficient (Wildman–Crippen LogP) is 9.27. The summed E-state index contributed by atoms with van der Waals surface area (Å²) in [5, 5.41) is 18.0. The van der Waals surface area contributed by atoms with Crippen LogP contribution in [0.4, 0.5) is 5.69 Å². The van der Waals surface area contributed by atoms with E-state index < -0.39 is 0 Å². The molecule has 5 unspecified atom stereocenters. The molecule has 306 valence electrons. The SMILES string of the molecule is C=C(CC(C)c1cc(CCCC(C)N=CC(CCCCCCCCCC)=NNC)ccc1N)NCCCNC(=O)CCCCC(C)C1NC(=C)NC1CC. The Kier molecular flexibility index (Phi) is 24.2. The summed E-state index contributed by atoms with van der Waals surface area (Å²) in [4.78, 5) is 17.2. The number of allylic oxidation sites excluding steroid dienone is 1. The number of nitrogens with one attached hydrogen (secondary N) is 5. The van der Waals surface area contributed by atoms with Gasteiger partial charge in [-0.2, -0.15) is 5.10 Å². The predicted molar refractivity (Wildman–Crippen MR) is 234 cm³/mol. The van der Waals surface area contributed by atoms with Crippen LogP contribution in [0.5, 0.6) is 0 Å². The van der Waals surface area contributed by atoms with Gasteiger partial charge in [0.05, 0.1) is 17.6 Å². The summed E-state index contributed by atoms with van der Waals surface area (Å²) in [6.45, 7) is 21.0. The Bertz CT molecular complexity index is 1280. The number of hydrogen-bond acceptors (Lipinski definition) is 8. The van der Waals surface area contributed by atoms with Gasteiger partial charge in [-0.1, -0.05) is 104 Å². The van der Waals surface area contributed by atoms with Crippen molar-refractivity contribution >= 4 is 23.5 Å². The number of carbonyl (C=O) groups is 1. The lowest BCUT2D eigenvalue weighted by molar-refractivity contribution is -0.121. The van der Waals surface area contributed by atoms with Crippen LogP contribution in [-0.4, -0.2) is 56.1 Å². The van der Waals surface area contributed by atoms with Crippen LogP contribution in [-0.2, 0) is 11.2 Å². The molecular weight excluding hydrogens is 669 g/mol. The molecule has 1 aliphatic heterocycles. The average molecular weight is 749 g/mol. The van der Waals surface area contributed by atoms with Crippen LogP contribution in [0.2, 0.25) is 0 Å². The monoisotopic (exact) mass is 749 g/mol. The third-order valence-corrected chi connectivity index (χ3v) is 10.9. The number of aryl methyl sites for hydroxylation is 1. The summed E-state index contributed by atoms with van der Waals surface area (Å²) in [6.07, 6.45) is 23.0. The van der Waals surface area contributed by atoms with Gasteiger partial charge in [0.15, 0.2) is 0 Å². The number of unbranched alkanes of at least 4 members (excludes halogenated alkanes) is 8. The van der Waals surface area contributed by atoms with Crippen molar-refractivity contribution in [1.82, 2.24) is 26.7 Å². The molecule has 1 aromatic rings. The third-order valence-electron chi connectivity index (χ3n) is 10.9. The number of nitrogen functional groups attached to an aromatic ring is 1. The van der Waals surface area contributed by atoms with E-state index in [2.05, 4.69) is 97.8 Å². The number of hydrazone groups is 1. The fourth-order valence-corrected chi connectivity index (χ4v) is 7.53. The number of anilines is 1. The summed E-state index contributed by atoms with van der Waals surface area (Å²) >= 11 is 0.